The van der Waals surface area contributed by atoms with Crippen LogP contribution >= 0.6 is 0 Å². The van der Waals surface area contributed by atoms with E-state index in [2.05, 4.69) is 4.98 Å². The van der Waals surface area contributed by atoms with Crippen LogP contribution in [-0.4, -0.2) is 27.4 Å². The predicted octanol–water partition coefficient (Wildman–Crippen LogP) is -0.875. The molecule has 1 saturated heterocycles. The van der Waals surface area contributed by atoms with E-state index in [9.17, 15) is 14.7 Å². The number of ether oxygens (including phenoxy) is 1. The summed E-state index contributed by atoms with van der Waals surface area (Å²) in [5.74, 6) is 0. The topological polar surface area (TPSA) is 84.3 Å². The Morgan fingerprint density at radius 1 is 1.60 bits per heavy atom. The van der Waals surface area contributed by atoms with E-state index in [1.807, 2.05) is 0 Å². The molecule has 0 aliphatic carbocycles. The van der Waals surface area contributed by atoms with Crippen LogP contribution in [0.1, 0.15) is 18.2 Å². The van der Waals surface area contributed by atoms with Gasteiger partial charge in [-0.05, 0) is 6.92 Å². The van der Waals surface area contributed by atoms with Crippen LogP contribution in [0.5, 0.6) is 0 Å². The lowest BCUT2D eigenvalue weighted by Crippen LogP contribution is -2.36. The van der Waals surface area contributed by atoms with Gasteiger partial charge in [-0.3, -0.25) is 14.3 Å². The van der Waals surface area contributed by atoms with Gasteiger partial charge in [0, 0.05) is 18.2 Å². The quantitative estimate of drug-likeness (QED) is 0.633. The Hall–Kier alpha value is -1.40. The molecule has 6 nitrogen and oxygen atoms in total. The zero-order valence-corrected chi connectivity index (χ0v) is 8.27. The van der Waals surface area contributed by atoms with Gasteiger partial charge in [-0.25, -0.2) is 4.79 Å². The second kappa shape index (κ2) is 3.63. The van der Waals surface area contributed by atoms with Gasteiger partial charge in [0.05, 0.1) is 6.61 Å². The molecule has 1 aromatic heterocycles. The number of aliphatic hydroxyl groups excluding tert-OH is 1. The van der Waals surface area contributed by atoms with Crippen LogP contribution in [0.4, 0.5) is 0 Å². The number of nitrogens with zero attached hydrogens (tertiary/aromatic N) is 1. The average Bonchev–Trinajstić information content (AvgIpc) is 2.58. The van der Waals surface area contributed by atoms with Gasteiger partial charge in [-0.2, -0.15) is 0 Å². The number of H-pyrrole nitrogens is 1. The molecule has 0 radical (unpaired) electrons. The number of hydrogen-bond donors (Lipinski definition) is 2. The molecular weight excluding hydrogens is 200 g/mol. The maximum Gasteiger partial charge on any atom is 0.330 e. The van der Waals surface area contributed by atoms with Crippen molar-refractivity contribution in [1.29, 1.82) is 0 Å². The molecule has 2 N–H and O–H groups in total. The minimum Gasteiger partial charge on any atom is -0.388 e. The Bertz CT molecular complexity index is 476. The minimum atomic E-state index is -0.701. The number of nitrogens with one attached hydrogen (secondary N) is 1. The van der Waals surface area contributed by atoms with Crippen molar-refractivity contribution in [3.05, 3.63) is 32.6 Å². The number of aryl methyl sites for hydroxylation is 1. The molecular formula is C9H12N2O4. The van der Waals surface area contributed by atoms with E-state index in [0.717, 1.165) is 0 Å². The smallest absolute Gasteiger partial charge is 0.330 e. The van der Waals surface area contributed by atoms with E-state index >= 15 is 0 Å². The van der Waals surface area contributed by atoms with Crippen LogP contribution in [-0.2, 0) is 4.74 Å². The Balaban J connectivity index is 2.48. The van der Waals surface area contributed by atoms with Crippen molar-refractivity contribution in [2.45, 2.75) is 25.7 Å². The monoisotopic (exact) mass is 212 g/mol. The molecule has 0 saturated carbocycles. The van der Waals surface area contributed by atoms with Crippen molar-refractivity contribution >= 4 is 0 Å². The molecule has 0 bridgehead atoms. The first-order valence-corrected chi connectivity index (χ1v) is 4.71. The maximum atomic E-state index is 11.4. The molecule has 6 heteroatoms. The molecule has 1 fully saturated rings. The first-order valence-electron chi connectivity index (χ1n) is 4.71. The minimum absolute atomic E-state index is 0.413. The van der Waals surface area contributed by atoms with Gasteiger partial charge in [0.1, 0.15) is 6.10 Å². The summed E-state index contributed by atoms with van der Waals surface area (Å²) >= 11 is 0. The molecule has 0 unspecified atom stereocenters. The third-order valence-electron chi connectivity index (χ3n) is 2.45. The van der Waals surface area contributed by atoms with Crippen molar-refractivity contribution in [3.8, 4) is 0 Å². The summed E-state index contributed by atoms with van der Waals surface area (Å²) in [6.45, 7) is 2.01. The third-order valence-corrected chi connectivity index (χ3v) is 2.45. The predicted molar refractivity (Wildman–Crippen MR) is 51.7 cm³/mol. The number of rotatable bonds is 1. The first-order chi connectivity index (χ1) is 7.09. The first kappa shape index (κ1) is 10.1. The Morgan fingerprint density at radius 3 is 2.93 bits per heavy atom. The number of aromatic amines is 1. The number of aromatic nitrogens is 2. The fraction of sp³-hybridized carbons (Fsp3) is 0.556. The van der Waals surface area contributed by atoms with Gasteiger partial charge >= 0.3 is 5.69 Å². The molecule has 2 atom stereocenters. The molecule has 0 spiro atoms. The van der Waals surface area contributed by atoms with Gasteiger partial charge in [0.25, 0.3) is 5.56 Å². The maximum absolute atomic E-state index is 11.4. The molecule has 1 aliphatic heterocycles. The zero-order valence-electron chi connectivity index (χ0n) is 8.27. The summed E-state index contributed by atoms with van der Waals surface area (Å²) in [4.78, 5) is 24.7. The summed E-state index contributed by atoms with van der Waals surface area (Å²) < 4.78 is 6.43. The molecule has 15 heavy (non-hydrogen) atoms. The highest BCUT2D eigenvalue weighted by atomic mass is 16.5. The molecule has 82 valence electrons. The largest absolute Gasteiger partial charge is 0.388 e. The molecule has 2 heterocycles. The van der Waals surface area contributed by atoms with Crippen LogP contribution in [0.15, 0.2) is 15.8 Å². The molecule has 2 rings (SSSR count). The highest BCUT2D eigenvalue weighted by Crippen LogP contribution is 2.21. The van der Waals surface area contributed by atoms with Crippen molar-refractivity contribution in [3.63, 3.8) is 0 Å². The van der Waals surface area contributed by atoms with Gasteiger partial charge in [0.15, 0.2) is 6.23 Å². The highest BCUT2D eigenvalue weighted by Gasteiger charge is 2.28. The second-order valence-electron chi connectivity index (χ2n) is 3.60. The Morgan fingerprint density at radius 2 is 2.33 bits per heavy atom. The van der Waals surface area contributed by atoms with Crippen molar-refractivity contribution in [2.24, 2.45) is 0 Å². The fourth-order valence-corrected chi connectivity index (χ4v) is 1.60. The van der Waals surface area contributed by atoms with Crippen LogP contribution in [0, 0.1) is 6.92 Å². The van der Waals surface area contributed by atoms with Crippen LogP contribution in [0.2, 0.25) is 0 Å². The third kappa shape index (κ3) is 1.73. The standard InChI is InChI=1S/C9H12N2O4/c1-5-4-11(9(14)10-7(5)13)8-6(12)2-3-15-8/h4,6,8,12H,2-3H2,1H3,(H,10,13,14)/t6-,8+/m0/s1. The van der Waals surface area contributed by atoms with Crippen LogP contribution in [0.3, 0.4) is 0 Å². The summed E-state index contributed by atoms with van der Waals surface area (Å²) in [6.07, 6.45) is 0.511. The Kier molecular flexibility index (Phi) is 2.45. The van der Waals surface area contributed by atoms with E-state index in [0.29, 0.717) is 18.6 Å². The van der Waals surface area contributed by atoms with E-state index < -0.39 is 23.6 Å². The summed E-state index contributed by atoms with van der Waals surface area (Å²) in [5.41, 5.74) is -0.558. The summed E-state index contributed by atoms with van der Waals surface area (Å²) in [6, 6.07) is 0. The van der Waals surface area contributed by atoms with E-state index in [1.54, 1.807) is 6.92 Å². The highest BCUT2D eigenvalue weighted by molar-refractivity contribution is 5.01. The molecule has 0 amide bonds. The summed E-state index contributed by atoms with van der Waals surface area (Å²) in [7, 11) is 0. The van der Waals surface area contributed by atoms with E-state index in [1.165, 1.54) is 10.8 Å². The van der Waals surface area contributed by atoms with Gasteiger partial charge in [-0.1, -0.05) is 0 Å². The van der Waals surface area contributed by atoms with Crippen molar-refractivity contribution < 1.29 is 9.84 Å². The van der Waals surface area contributed by atoms with E-state index in [4.69, 9.17) is 4.74 Å². The van der Waals surface area contributed by atoms with Crippen LogP contribution in [0.25, 0.3) is 0 Å². The SMILES string of the molecule is Cc1cn([C@@H]2OCC[C@@H]2O)c(=O)[nH]c1=O. The van der Waals surface area contributed by atoms with E-state index in [-0.39, 0.29) is 0 Å². The second-order valence-corrected chi connectivity index (χ2v) is 3.60. The molecule has 1 aliphatic rings. The fourth-order valence-electron chi connectivity index (χ4n) is 1.60. The van der Waals surface area contributed by atoms with Gasteiger partial charge in [0.2, 0.25) is 0 Å². The number of aliphatic hydroxyl groups is 1. The lowest BCUT2D eigenvalue weighted by atomic mass is 10.2. The number of hydrogen-bond acceptors (Lipinski definition) is 4. The van der Waals surface area contributed by atoms with Crippen LogP contribution < -0.4 is 11.2 Å². The Labute approximate surface area is 85.1 Å². The molecule has 1 aromatic rings. The lowest BCUT2D eigenvalue weighted by Gasteiger charge is -2.16. The van der Waals surface area contributed by atoms with Gasteiger partial charge < -0.3 is 9.84 Å². The summed E-state index contributed by atoms with van der Waals surface area (Å²) in [5, 5.41) is 9.55. The normalized spacial score (nSPS) is 25.7. The average molecular weight is 212 g/mol. The van der Waals surface area contributed by atoms with Crippen molar-refractivity contribution in [1.82, 2.24) is 9.55 Å². The zero-order chi connectivity index (χ0) is 11.0. The lowest BCUT2D eigenvalue weighted by molar-refractivity contribution is -0.0120. The van der Waals surface area contributed by atoms with Gasteiger partial charge in [-0.15, -0.1) is 0 Å². The van der Waals surface area contributed by atoms with Crippen molar-refractivity contribution in [2.75, 3.05) is 6.61 Å². The molecule has 0 aromatic carbocycles.